The number of furan rings is 1. The second kappa shape index (κ2) is 7.27. The zero-order valence-corrected chi connectivity index (χ0v) is 11.7. The molecule has 0 aliphatic rings. The minimum absolute atomic E-state index is 0.0620. The molecule has 0 radical (unpaired) electrons. The first kappa shape index (κ1) is 15.7. The van der Waals surface area contributed by atoms with Crippen molar-refractivity contribution in [1.82, 2.24) is 10.0 Å². The van der Waals surface area contributed by atoms with E-state index < -0.39 is 16.0 Å². The van der Waals surface area contributed by atoms with Crippen molar-refractivity contribution in [1.29, 1.82) is 0 Å². The molecule has 0 atom stereocenters. The fourth-order valence-corrected chi connectivity index (χ4v) is 2.30. The molecule has 108 valence electrons. The Morgan fingerprint density at radius 1 is 1.37 bits per heavy atom. The van der Waals surface area contributed by atoms with Gasteiger partial charge in [0.15, 0.2) is 0 Å². The SMILES string of the molecule is CCCNCCNS(=O)(=O)c1cc(C(=O)OC)co1. The molecule has 0 aliphatic carbocycles. The van der Waals surface area contributed by atoms with E-state index in [1.54, 1.807) is 0 Å². The van der Waals surface area contributed by atoms with E-state index >= 15 is 0 Å². The highest BCUT2D eigenvalue weighted by Gasteiger charge is 2.20. The van der Waals surface area contributed by atoms with Crippen molar-refractivity contribution in [3.05, 3.63) is 17.9 Å². The topological polar surface area (TPSA) is 97.6 Å². The second-order valence-corrected chi connectivity index (χ2v) is 5.49. The molecule has 2 N–H and O–H groups in total. The Bertz CT molecular complexity index is 509. The molecular weight excluding hydrogens is 272 g/mol. The van der Waals surface area contributed by atoms with Crippen LogP contribution in [-0.4, -0.2) is 41.1 Å². The van der Waals surface area contributed by atoms with Crippen molar-refractivity contribution >= 4 is 16.0 Å². The van der Waals surface area contributed by atoms with E-state index in [0.29, 0.717) is 6.54 Å². The zero-order valence-electron chi connectivity index (χ0n) is 10.9. The molecule has 0 unspecified atom stereocenters. The maximum absolute atomic E-state index is 11.8. The van der Waals surface area contributed by atoms with Crippen molar-refractivity contribution in [2.45, 2.75) is 18.4 Å². The molecule has 1 rings (SSSR count). The van der Waals surface area contributed by atoms with Gasteiger partial charge in [0.1, 0.15) is 6.26 Å². The molecule has 0 spiro atoms. The first-order valence-electron chi connectivity index (χ1n) is 5.88. The number of hydrogen-bond donors (Lipinski definition) is 2. The van der Waals surface area contributed by atoms with E-state index in [1.807, 2.05) is 6.92 Å². The van der Waals surface area contributed by atoms with Gasteiger partial charge < -0.3 is 14.5 Å². The predicted molar refractivity (Wildman–Crippen MR) is 68.4 cm³/mol. The number of methoxy groups -OCH3 is 1. The van der Waals surface area contributed by atoms with Crippen LogP contribution in [0.5, 0.6) is 0 Å². The minimum Gasteiger partial charge on any atom is -0.465 e. The third kappa shape index (κ3) is 4.66. The fourth-order valence-electron chi connectivity index (χ4n) is 1.33. The second-order valence-electron chi connectivity index (χ2n) is 3.79. The Hall–Kier alpha value is -1.38. The molecule has 0 amide bonds. The molecule has 1 aromatic heterocycles. The molecule has 0 fully saturated rings. The summed E-state index contributed by atoms with van der Waals surface area (Å²) < 4.78 is 35.3. The standard InChI is InChI=1S/C11H18N2O5S/c1-3-4-12-5-6-13-19(15,16)10-7-9(8-18-10)11(14)17-2/h7-8,12-13H,3-6H2,1-2H3. The van der Waals surface area contributed by atoms with E-state index in [0.717, 1.165) is 25.3 Å². The summed E-state index contributed by atoms with van der Waals surface area (Å²) in [6, 6.07) is 1.13. The maximum atomic E-state index is 11.8. The van der Waals surface area contributed by atoms with Gasteiger partial charge >= 0.3 is 5.97 Å². The van der Waals surface area contributed by atoms with E-state index in [1.165, 1.54) is 7.11 Å². The van der Waals surface area contributed by atoms with Gasteiger partial charge in [-0.15, -0.1) is 0 Å². The highest BCUT2D eigenvalue weighted by atomic mass is 32.2. The highest BCUT2D eigenvalue weighted by molar-refractivity contribution is 7.89. The van der Waals surface area contributed by atoms with Crippen molar-refractivity contribution in [3.63, 3.8) is 0 Å². The molecule has 0 saturated heterocycles. The average Bonchev–Trinajstić information content (AvgIpc) is 2.88. The van der Waals surface area contributed by atoms with Gasteiger partial charge in [-0.1, -0.05) is 6.92 Å². The van der Waals surface area contributed by atoms with E-state index in [2.05, 4.69) is 14.8 Å². The van der Waals surface area contributed by atoms with Crippen LogP contribution in [-0.2, 0) is 14.8 Å². The largest absolute Gasteiger partial charge is 0.465 e. The van der Waals surface area contributed by atoms with Crippen LogP contribution in [0.2, 0.25) is 0 Å². The molecule has 8 heteroatoms. The highest BCUT2D eigenvalue weighted by Crippen LogP contribution is 2.14. The molecule has 1 aromatic rings. The van der Waals surface area contributed by atoms with Crippen molar-refractivity contribution < 1.29 is 22.4 Å². The minimum atomic E-state index is -3.73. The van der Waals surface area contributed by atoms with Gasteiger partial charge in [0.2, 0.25) is 5.09 Å². The molecular formula is C11H18N2O5S. The Morgan fingerprint density at radius 2 is 2.11 bits per heavy atom. The average molecular weight is 290 g/mol. The molecule has 19 heavy (non-hydrogen) atoms. The van der Waals surface area contributed by atoms with Gasteiger partial charge in [0, 0.05) is 19.2 Å². The number of nitrogens with one attached hydrogen (secondary N) is 2. The number of sulfonamides is 1. The summed E-state index contributed by atoms with van der Waals surface area (Å²) in [6.07, 6.45) is 2.03. The lowest BCUT2D eigenvalue weighted by Crippen LogP contribution is -2.32. The van der Waals surface area contributed by atoms with Crippen LogP contribution in [0.4, 0.5) is 0 Å². The first-order valence-corrected chi connectivity index (χ1v) is 7.36. The molecule has 0 aliphatic heterocycles. The Labute approximate surface area is 112 Å². The van der Waals surface area contributed by atoms with Crippen LogP contribution in [0.25, 0.3) is 0 Å². The van der Waals surface area contributed by atoms with E-state index in [-0.39, 0.29) is 17.2 Å². The number of carbonyl (C=O) groups is 1. The predicted octanol–water partition coefficient (Wildman–Crippen LogP) is 0.344. The van der Waals surface area contributed by atoms with E-state index in [9.17, 15) is 13.2 Å². The Kier molecular flexibility index (Phi) is 6.00. The van der Waals surface area contributed by atoms with Crippen LogP contribution >= 0.6 is 0 Å². The van der Waals surface area contributed by atoms with Crippen LogP contribution < -0.4 is 10.0 Å². The van der Waals surface area contributed by atoms with Crippen molar-refractivity contribution in [2.75, 3.05) is 26.7 Å². The summed E-state index contributed by atoms with van der Waals surface area (Å²) >= 11 is 0. The lowest BCUT2D eigenvalue weighted by atomic mass is 10.3. The Morgan fingerprint density at radius 3 is 2.74 bits per heavy atom. The van der Waals surface area contributed by atoms with Crippen LogP contribution in [0.15, 0.2) is 21.8 Å². The molecule has 0 aromatic carbocycles. The first-order chi connectivity index (χ1) is 9.01. The van der Waals surface area contributed by atoms with Gasteiger partial charge in [-0.2, -0.15) is 0 Å². The maximum Gasteiger partial charge on any atom is 0.341 e. The number of carbonyl (C=O) groups excluding carboxylic acids is 1. The zero-order chi connectivity index (χ0) is 14.3. The van der Waals surface area contributed by atoms with Crippen LogP contribution in [0.1, 0.15) is 23.7 Å². The number of ether oxygens (including phenoxy) is 1. The third-order valence-corrected chi connectivity index (χ3v) is 3.61. The quantitative estimate of drug-likeness (QED) is 0.529. The van der Waals surface area contributed by atoms with Gasteiger partial charge in [0.05, 0.1) is 12.7 Å². The smallest absolute Gasteiger partial charge is 0.341 e. The monoisotopic (exact) mass is 290 g/mol. The summed E-state index contributed by atoms with van der Waals surface area (Å²) in [5.41, 5.74) is 0.0620. The number of esters is 1. The van der Waals surface area contributed by atoms with Gasteiger partial charge in [-0.3, -0.25) is 0 Å². The van der Waals surface area contributed by atoms with Gasteiger partial charge in [0.25, 0.3) is 10.0 Å². The molecule has 7 nitrogen and oxygen atoms in total. The van der Waals surface area contributed by atoms with Crippen molar-refractivity contribution in [3.8, 4) is 0 Å². The van der Waals surface area contributed by atoms with Gasteiger partial charge in [-0.05, 0) is 13.0 Å². The van der Waals surface area contributed by atoms with Crippen LogP contribution in [0.3, 0.4) is 0 Å². The summed E-state index contributed by atoms with van der Waals surface area (Å²) in [7, 11) is -2.52. The summed E-state index contributed by atoms with van der Waals surface area (Å²) in [4.78, 5) is 11.2. The van der Waals surface area contributed by atoms with Crippen molar-refractivity contribution in [2.24, 2.45) is 0 Å². The molecule has 0 saturated carbocycles. The van der Waals surface area contributed by atoms with Crippen LogP contribution in [0, 0.1) is 0 Å². The normalized spacial score (nSPS) is 11.5. The summed E-state index contributed by atoms with van der Waals surface area (Å²) in [5, 5.41) is 2.76. The van der Waals surface area contributed by atoms with Gasteiger partial charge in [-0.25, -0.2) is 17.9 Å². The van der Waals surface area contributed by atoms with E-state index in [4.69, 9.17) is 4.42 Å². The summed E-state index contributed by atoms with van der Waals surface area (Å²) in [5.74, 6) is -0.644. The lowest BCUT2D eigenvalue weighted by Gasteiger charge is -2.04. The Balaban J connectivity index is 2.57. The fraction of sp³-hybridized carbons (Fsp3) is 0.545. The third-order valence-electron chi connectivity index (χ3n) is 2.28. The molecule has 1 heterocycles. The molecule has 0 bridgehead atoms. The number of hydrogen-bond acceptors (Lipinski definition) is 6. The lowest BCUT2D eigenvalue weighted by molar-refractivity contribution is 0.0600. The number of rotatable bonds is 8. The summed E-state index contributed by atoms with van der Waals surface area (Å²) in [6.45, 7) is 3.62.